The van der Waals surface area contributed by atoms with Gasteiger partial charge < -0.3 is 10.2 Å². The Morgan fingerprint density at radius 2 is 1.80 bits per heavy atom. The summed E-state index contributed by atoms with van der Waals surface area (Å²) >= 11 is 0. The predicted octanol–water partition coefficient (Wildman–Crippen LogP) is 2.72. The van der Waals surface area contributed by atoms with E-state index in [-0.39, 0.29) is 29.8 Å². The zero-order chi connectivity index (χ0) is 15.1. The van der Waals surface area contributed by atoms with Crippen molar-refractivity contribution >= 4 is 11.8 Å². The molecule has 0 aromatic carbocycles. The average Bonchev–Trinajstić information content (AvgIpc) is 2.40. The van der Waals surface area contributed by atoms with Gasteiger partial charge in [-0.05, 0) is 18.8 Å². The second-order valence-corrected chi connectivity index (χ2v) is 6.13. The van der Waals surface area contributed by atoms with E-state index in [0.717, 1.165) is 32.2 Å². The van der Waals surface area contributed by atoms with Crippen LogP contribution < -0.4 is 5.32 Å². The molecule has 1 rings (SSSR count). The Kier molecular flexibility index (Phi) is 7.03. The molecule has 1 aliphatic heterocycles. The Bertz CT molecular complexity index is 328. The topological polar surface area (TPSA) is 49.4 Å². The molecule has 0 aromatic heterocycles. The minimum absolute atomic E-state index is 0.0284. The molecule has 0 aromatic rings. The summed E-state index contributed by atoms with van der Waals surface area (Å²) in [4.78, 5) is 26.6. The monoisotopic (exact) mass is 282 g/mol. The Morgan fingerprint density at radius 3 is 2.35 bits per heavy atom. The smallest absolute Gasteiger partial charge is 0.246 e. The SMILES string of the molecule is CCCCCCN1C(=O)C(C(C)C)NC(=O)C1CCC. The molecular weight excluding hydrogens is 252 g/mol. The van der Waals surface area contributed by atoms with Crippen LogP contribution in [0.1, 0.15) is 66.2 Å². The summed E-state index contributed by atoms with van der Waals surface area (Å²) in [5.41, 5.74) is 0. The molecule has 1 heterocycles. The normalized spacial score (nSPS) is 23.4. The largest absolute Gasteiger partial charge is 0.342 e. The first-order valence-electron chi connectivity index (χ1n) is 8.13. The van der Waals surface area contributed by atoms with E-state index in [1.165, 1.54) is 12.8 Å². The molecule has 0 spiro atoms. The van der Waals surface area contributed by atoms with Gasteiger partial charge in [-0.15, -0.1) is 0 Å². The second-order valence-electron chi connectivity index (χ2n) is 6.13. The van der Waals surface area contributed by atoms with E-state index < -0.39 is 0 Å². The zero-order valence-corrected chi connectivity index (χ0v) is 13.4. The molecule has 0 aliphatic carbocycles. The van der Waals surface area contributed by atoms with Crippen molar-refractivity contribution in [1.29, 1.82) is 0 Å². The van der Waals surface area contributed by atoms with Crippen molar-refractivity contribution < 1.29 is 9.59 Å². The van der Waals surface area contributed by atoms with Crippen LogP contribution in [0.5, 0.6) is 0 Å². The van der Waals surface area contributed by atoms with Gasteiger partial charge in [0.15, 0.2) is 0 Å². The Morgan fingerprint density at radius 1 is 1.10 bits per heavy atom. The molecule has 2 atom stereocenters. The summed E-state index contributed by atoms with van der Waals surface area (Å²) in [6.45, 7) is 8.92. The first kappa shape index (κ1) is 17.0. The molecule has 116 valence electrons. The van der Waals surface area contributed by atoms with Crippen molar-refractivity contribution in [3.05, 3.63) is 0 Å². The molecule has 2 unspecified atom stereocenters. The lowest BCUT2D eigenvalue weighted by atomic mass is 9.95. The van der Waals surface area contributed by atoms with Gasteiger partial charge in [-0.1, -0.05) is 53.4 Å². The number of hydrogen-bond donors (Lipinski definition) is 1. The summed E-state index contributed by atoms with van der Waals surface area (Å²) in [5, 5.41) is 2.90. The third-order valence-corrected chi connectivity index (χ3v) is 4.01. The van der Waals surface area contributed by atoms with Crippen LogP contribution >= 0.6 is 0 Å². The predicted molar refractivity (Wildman–Crippen MR) is 81.3 cm³/mol. The van der Waals surface area contributed by atoms with E-state index in [0.29, 0.717) is 0 Å². The summed E-state index contributed by atoms with van der Waals surface area (Å²) < 4.78 is 0. The van der Waals surface area contributed by atoms with Gasteiger partial charge in [0, 0.05) is 6.54 Å². The number of nitrogens with one attached hydrogen (secondary N) is 1. The lowest BCUT2D eigenvalue weighted by molar-refractivity contribution is -0.151. The molecule has 1 N–H and O–H groups in total. The van der Waals surface area contributed by atoms with Crippen LogP contribution in [-0.4, -0.2) is 35.3 Å². The maximum Gasteiger partial charge on any atom is 0.246 e. The molecule has 0 saturated carbocycles. The van der Waals surface area contributed by atoms with Gasteiger partial charge in [0.05, 0.1) is 0 Å². The van der Waals surface area contributed by atoms with Gasteiger partial charge in [0.2, 0.25) is 11.8 Å². The van der Waals surface area contributed by atoms with Gasteiger partial charge in [-0.2, -0.15) is 0 Å². The minimum Gasteiger partial charge on any atom is -0.342 e. The molecule has 1 fully saturated rings. The van der Waals surface area contributed by atoms with E-state index in [1.807, 2.05) is 18.7 Å². The average molecular weight is 282 g/mol. The Balaban J connectivity index is 2.73. The molecule has 0 bridgehead atoms. The highest BCUT2D eigenvalue weighted by molar-refractivity contribution is 5.97. The fraction of sp³-hybridized carbons (Fsp3) is 0.875. The van der Waals surface area contributed by atoms with Crippen LogP contribution in [0.2, 0.25) is 0 Å². The van der Waals surface area contributed by atoms with E-state index in [4.69, 9.17) is 0 Å². The third-order valence-electron chi connectivity index (χ3n) is 4.01. The third kappa shape index (κ3) is 4.22. The van der Waals surface area contributed by atoms with Crippen molar-refractivity contribution in [2.45, 2.75) is 78.3 Å². The molecule has 1 saturated heterocycles. The van der Waals surface area contributed by atoms with E-state index in [2.05, 4.69) is 19.2 Å². The Labute approximate surface area is 123 Å². The van der Waals surface area contributed by atoms with Crippen molar-refractivity contribution in [2.75, 3.05) is 6.54 Å². The van der Waals surface area contributed by atoms with Crippen molar-refractivity contribution in [1.82, 2.24) is 10.2 Å². The fourth-order valence-corrected chi connectivity index (χ4v) is 2.77. The standard InChI is InChI=1S/C16H30N2O2/c1-5-7-8-9-11-18-13(10-6-2)15(19)17-14(12(3)4)16(18)20/h12-14H,5-11H2,1-4H3,(H,17,19). The quantitative estimate of drug-likeness (QED) is 0.696. The van der Waals surface area contributed by atoms with Crippen LogP contribution in [0, 0.1) is 5.92 Å². The highest BCUT2D eigenvalue weighted by Gasteiger charge is 2.40. The summed E-state index contributed by atoms with van der Waals surface area (Å²) in [6.07, 6.45) is 6.19. The van der Waals surface area contributed by atoms with Gasteiger partial charge in [0.25, 0.3) is 0 Å². The molecule has 2 amide bonds. The van der Waals surface area contributed by atoms with Crippen molar-refractivity contribution in [3.63, 3.8) is 0 Å². The van der Waals surface area contributed by atoms with Crippen LogP contribution in [0.15, 0.2) is 0 Å². The van der Waals surface area contributed by atoms with Gasteiger partial charge in [-0.3, -0.25) is 9.59 Å². The van der Waals surface area contributed by atoms with E-state index in [1.54, 1.807) is 0 Å². The number of carbonyl (C=O) groups excluding carboxylic acids is 2. The molecule has 0 radical (unpaired) electrons. The molecule has 1 aliphatic rings. The number of unbranched alkanes of at least 4 members (excludes halogenated alkanes) is 3. The summed E-state index contributed by atoms with van der Waals surface area (Å²) in [6, 6.07) is -0.606. The zero-order valence-electron chi connectivity index (χ0n) is 13.4. The number of amides is 2. The molecule has 4 heteroatoms. The fourth-order valence-electron chi connectivity index (χ4n) is 2.77. The molecular formula is C16H30N2O2. The molecule has 20 heavy (non-hydrogen) atoms. The summed E-state index contributed by atoms with van der Waals surface area (Å²) in [5.74, 6) is 0.280. The number of nitrogens with zero attached hydrogens (tertiary/aromatic N) is 1. The van der Waals surface area contributed by atoms with Gasteiger partial charge >= 0.3 is 0 Å². The first-order chi connectivity index (χ1) is 9.52. The Hall–Kier alpha value is -1.06. The highest BCUT2D eigenvalue weighted by Crippen LogP contribution is 2.19. The number of rotatable bonds is 8. The number of piperazine rings is 1. The maximum atomic E-state index is 12.6. The van der Waals surface area contributed by atoms with Crippen molar-refractivity contribution in [3.8, 4) is 0 Å². The van der Waals surface area contributed by atoms with Gasteiger partial charge in [0.1, 0.15) is 12.1 Å². The van der Waals surface area contributed by atoms with Gasteiger partial charge in [-0.25, -0.2) is 0 Å². The maximum absolute atomic E-state index is 12.6. The van der Waals surface area contributed by atoms with Crippen LogP contribution in [-0.2, 0) is 9.59 Å². The number of hydrogen-bond acceptors (Lipinski definition) is 2. The van der Waals surface area contributed by atoms with Crippen LogP contribution in [0.3, 0.4) is 0 Å². The second kappa shape index (κ2) is 8.28. The first-order valence-corrected chi connectivity index (χ1v) is 8.13. The lowest BCUT2D eigenvalue weighted by Gasteiger charge is -2.40. The lowest BCUT2D eigenvalue weighted by Crippen LogP contribution is -2.64. The molecule has 4 nitrogen and oxygen atoms in total. The van der Waals surface area contributed by atoms with Crippen LogP contribution in [0.25, 0.3) is 0 Å². The van der Waals surface area contributed by atoms with Crippen LogP contribution in [0.4, 0.5) is 0 Å². The summed E-state index contributed by atoms with van der Waals surface area (Å²) in [7, 11) is 0. The number of carbonyl (C=O) groups is 2. The highest BCUT2D eigenvalue weighted by atomic mass is 16.2. The minimum atomic E-state index is -0.346. The van der Waals surface area contributed by atoms with E-state index in [9.17, 15) is 9.59 Å². The van der Waals surface area contributed by atoms with E-state index >= 15 is 0 Å². The van der Waals surface area contributed by atoms with Crippen molar-refractivity contribution in [2.24, 2.45) is 5.92 Å².